The molecule has 0 unspecified atom stereocenters. The zero-order chi connectivity index (χ0) is 12.3. The highest BCUT2D eigenvalue weighted by molar-refractivity contribution is 6.44. The number of esters is 1. The minimum Gasteiger partial charge on any atom is -0.465 e. The fraction of sp³-hybridized carbons (Fsp3) is 0.222. The normalized spacial score (nSPS) is 10.4. The second kappa shape index (κ2) is 5.32. The molecule has 0 bridgehead atoms. The van der Waals surface area contributed by atoms with Crippen molar-refractivity contribution in [2.75, 3.05) is 7.11 Å². The number of rotatable bonds is 3. The molecule has 0 N–H and O–H groups in total. The third kappa shape index (κ3) is 2.74. The first-order valence-corrected chi connectivity index (χ1v) is 4.74. The molecule has 3 nitrogen and oxygen atoms in total. The van der Waals surface area contributed by atoms with Crippen molar-refractivity contribution in [2.24, 2.45) is 0 Å². The van der Waals surface area contributed by atoms with Crippen LogP contribution in [0.1, 0.15) is 10.4 Å². The van der Waals surface area contributed by atoms with Crippen molar-refractivity contribution in [3.63, 3.8) is 0 Å². The van der Waals surface area contributed by atoms with Gasteiger partial charge in [0.1, 0.15) is 11.3 Å². The molecular weight excluding hydrogens is 265 g/mol. The first-order chi connectivity index (χ1) is 7.47. The van der Waals surface area contributed by atoms with Gasteiger partial charge >= 0.3 is 12.6 Å². The van der Waals surface area contributed by atoms with E-state index in [9.17, 15) is 13.6 Å². The number of alkyl halides is 2. The molecule has 0 atom stereocenters. The van der Waals surface area contributed by atoms with Crippen LogP contribution in [0.15, 0.2) is 12.1 Å². The number of ether oxygens (including phenoxy) is 2. The van der Waals surface area contributed by atoms with Gasteiger partial charge in [-0.2, -0.15) is 8.78 Å². The van der Waals surface area contributed by atoms with E-state index in [0.717, 1.165) is 13.2 Å². The third-order valence-corrected chi connectivity index (χ3v) is 2.47. The Morgan fingerprint density at radius 2 is 2.00 bits per heavy atom. The highest BCUT2D eigenvalue weighted by Gasteiger charge is 2.21. The van der Waals surface area contributed by atoms with E-state index in [1.807, 2.05) is 0 Å². The van der Waals surface area contributed by atoms with Gasteiger partial charge in [0.2, 0.25) is 0 Å². The standard InChI is InChI=1S/C9H6Cl2F2O3/c1-15-8(14)6-5(16-9(12)13)3-2-4(10)7(6)11/h2-3,9H,1H3. The summed E-state index contributed by atoms with van der Waals surface area (Å²) in [6.45, 7) is -3.07. The van der Waals surface area contributed by atoms with E-state index in [1.54, 1.807) is 0 Å². The molecule has 1 aromatic carbocycles. The quantitative estimate of drug-likeness (QED) is 0.790. The Morgan fingerprint density at radius 1 is 1.38 bits per heavy atom. The molecule has 0 saturated heterocycles. The molecule has 0 heterocycles. The van der Waals surface area contributed by atoms with Gasteiger partial charge in [-0.25, -0.2) is 4.79 Å². The van der Waals surface area contributed by atoms with E-state index in [-0.39, 0.29) is 21.4 Å². The molecular formula is C9H6Cl2F2O3. The minimum atomic E-state index is -3.07. The Labute approximate surface area is 99.9 Å². The van der Waals surface area contributed by atoms with Crippen LogP contribution in [0.2, 0.25) is 10.0 Å². The molecule has 0 spiro atoms. The van der Waals surface area contributed by atoms with Crippen molar-refractivity contribution in [1.82, 2.24) is 0 Å². The SMILES string of the molecule is COC(=O)c1c(OC(F)F)ccc(Cl)c1Cl. The summed E-state index contributed by atoms with van der Waals surface area (Å²) in [5.41, 5.74) is -0.322. The van der Waals surface area contributed by atoms with Gasteiger partial charge in [-0.1, -0.05) is 23.2 Å². The summed E-state index contributed by atoms with van der Waals surface area (Å²) in [7, 11) is 1.09. The van der Waals surface area contributed by atoms with Gasteiger partial charge in [0, 0.05) is 0 Å². The minimum absolute atomic E-state index is 0.0451. The number of carbonyl (C=O) groups excluding carboxylic acids is 1. The molecule has 1 rings (SSSR count). The Bertz CT molecular complexity index is 410. The van der Waals surface area contributed by atoms with Crippen LogP contribution >= 0.6 is 23.2 Å². The molecule has 1 aromatic rings. The van der Waals surface area contributed by atoms with Crippen LogP contribution < -0.4 is 4.74 Å². The molecule has 0 aliphatic carbocycles. The van der Waals surface area contributed by atoms with Crippen LogP contribution in [-0.4, -0.2) is 19.7 Å². The van der Waals surface area contributed by atoms with Crippen molar-refractivity contribution in [2.45, 2.75) is 6.61 Å². The van der Waals surface area contributed by atoms with Gasteiger partial charge in [0.25, 0.3) is 0 Å². The van der Waals surface area contributed by atoms with Crippen molar-refractivity contribution in [1.29, 1.82) is 0 Å². The van der Waals surface area contributed by atoms with E-state index >= 15 is 0 Å². The number of methoxy groups -OCH3 is 1. The van der Waals surface area contributed by atoms with E-state index in [0.29, 0.717) is 0 Å². The fourth-order valence-electron chi connectivity index (χ4n) is 1.02. The number of hydrogen-bond acceptors (Lipinski definition) is 3. The van der Waals surface area contributed by atoms with Gasteiger partial charge in [-0.15, -0.1) is 0 Å². The molecule has 0 radical (unpaired) electrons. The molecule has 16 heavy (non-hydrogen) atoms. The molecule has 0 aromatic heterocycles. The smallest absolute Gasteiger partial charge is 0.387 e. The Morgan fingerprint density at radius 3 is 2.50 bits per heavy atom. The van der Waals surface area contributed by atoms with Gasteiger partial charge < -0.3 is 9.47 Å². The van der Waals surface area contributed by atoms with E-state index < -0.39 is 12.6 Å². The maximum Gasteiger partial charge on any atom is 0.387 e. The molecule has 7 heteroatoms. The molecule has 0 aliphatic heterocycles. The third-order valence-electron chi connectivity index (χ3n) is 1.66. The molecule has 0 amide bonds. The summed E-state index contributed by atoms with van der Waals surface area (Å²) < 4.78 is 32.6. The first kappa shape index (κ1) is 13.0. The monoisotopic (exact) mass is 270 g/mol. The van der Waals surface area contributed by atoms with Crippen LogP contribution in [0.25, 0.3) is 0 Å². The lowest BCUT2D eigenvalue weighted by molar-refractivity contribution is -0.0503. The average Bonchev–Trinajstić information content (AvgIpc) is 2.22. The number of benzene rings is 1. The largest absolute Gasteiger partial charge is 0.465 e. The van der Waals surface area contributed by atoms with E-state index in [1.165, 1.54) is 6.07 Å². The lowest BCUT2D eigenvalue weighted by atomic mass is 10.2. The van der Waals surface area contributed by atoms with Crippen LogP contribution in [0, 0.1) is 0 Å². The van der Waals surface area contributed by atoms with Gasteiger partial charge in [-0.05, 0) is 12.1 Å². The van der Waals surface area contributed by atoms with E-state index in [2.05, 4.69) is 9.47 Å². The van der Waals surface area contributed by atoms with Crippen molar-refractivity contribution in [3.05, 3.63) is 27.7 Å². The van der Waals surface area contributed by atoms with Crippen molar-refractivity contribution >= 4 is 29.2 Å². The van der Waals surface area contributed by atoms with Crippen LogP contribution in [0.5, 0.6) is 5.75 Å². The maximum absolute atomic E-state index is 12.0. The van der Waals surface area contributed by atoms with Crippen molar-refractivity contribution in [3.8, 4) is 5.75 Å². The predicted molar refractivity (Wildman–Crippen MR) is 54.4 cm³/mol. The fourth-order valence-corrected chi connectivity index (χ4v) is 1.41. The van der Waals surface area contributed by atoms with Crippen LogP contribution in [0.4, 0.5) is 8.78 Å². The summed E-state index contributed by atoms with van der Waals surface area (Å²) in [4.78, 5) is 11.3. The lowest BCUT2D eigenvalue weighted by Gasteiger charge is -2.11. The number of hydrogen-bond donors (Lipinski definition) is 0. The van der Waals surface area contributed by atoms with Gasteiger partial charge in [-0.3, -0.25) is 0 Å². The maximum atomic E-state index is 12.0. The molecule has 0 aliphatic rings. The highest BCUT2D eigenvalue weighted by Crippen LogP contribution is 2.34. The summed E-state index contributed by atoms with van der Waals surface area (Å²) in [5.74, 6) is -1.28. The predicted octanol–water partition coefficient (Wildman–Crippen LogP) is 3.38. The number of halogens is 4. The second-order valence-electron chi connectivity index (χ2n) is 2.60. The highest BCUT2D eigenvalue weighted by atomic mass is 35.5. The first-order valence-electron chi connectivity index (χ1n) is 3.98. The summed E-state index contributed by atoms with van der Waals surface area (Å²) >= 11 is 11.3. The van der Waals surface area contributed by atoms with Crippen LogP contribution in [0.3, 0.4) is 0 Å². The van der Waals surface area contributed by atoms with Gasteiger partial charge in [0.05, 0.1) is 17.2 Å². The van der Waals surface area contributed by atoms with Crippen molar-refractivity contribution < 1.29 is 23.0 Å². The number of carbonyl (C=O) groups is 1. The average molecular weight is 271 g/mol. The van der Waals surface area contributed by atoms with Crippen LogP contribution in [-0.2, 0) is 4.74 Å². The second-order valence-corrected chi connectivity index (χ2v) is 3.39. The topological polar surface area (TPSA) is 35.5 Å². The summed E-state index contributed by atoms with van der Waals surface area (Å²) in [6, 6.07) is 2.36. The van der Waals surface area contributed by atoms with E-state index in [4.69, 9.17) is 23.2 Å². The molecule has 0 saturated carbocycles. The zero-order valence-electron chi connectivity index (χ0n) is 7.97. The summed E-state index contributed by atoms with van der Waals surface area (Å²) in [6.07, 6.45) is 0. The Kier molecular flexibility index (Phi) is 4.32. The lowest BCUT2D eigenvalue weighted by Crippen LogP contribution is -2.10. The summed E-state index contributed by atoms with van der Waals surface area (Å²) in [5, 5.41) is -0.143. The Hall–Kier alpha value is -1.07. The Balaban J connectivity index is 3.27. The van der Waals surface area contributed by atoms with Gasteiger partial charge in [0.15, 0.2) is 0 Å². The molecule has 88 valence electrons. The molecule has 0 fully saturated rings. The zero-order valence-corrected chi connectivity index (χ0v) is 9.48.